The van der Waals surface area contributed by atoms with Crippen molar-refractivity contribution in [3.63, 3.8) is 0 Å². The Kier molecular flexibility index (Phi) is 5.86. The molecule has 24 heavy (non-hydrogen) atoms. The molecule has 0 amide bonds. The maximum atomic E-state index is 13.5. The number of ether oxygens (including phenoxy) is 1. The van der Waals surface area contributed by atoms with Crippen molar-refractivity contribution in [1.82, 2.24) is 4.90 Å². The van der Waals surface area contributed by atoms with E-state index in [1.165, 1.54) is 24.3 Å². The molecule has 0 atom stereocenters. The third-order valence-electron chi connectivity index (χ3n) is 4.84. The highest BCUT2D eigenvalue weighted by molar-refractivity contribution is 5.32. The Hall–Kier alpha value is -1.87. The first-order chi connectivity index (χ1) is 11.8. The van der Waals surface area contributed by atoms with Crippen LogP contribution < -0.4 is 4.74 Å². The third-order valence-corrected chi connectivity index (χ3v) is 4.84. The molecule has 0 N–H and O–H groups in total. The SMILES string of the molecule is COc1cc(C2CCN(C[CH]Cc3ccccc3)CC2)ccc1F. The molecule has 0 unspecified atom stereocenters. The standard InChI is InChI=1S/C21H25FNO/c1-24-21-16-19(9-10-20(21)22)18-11-14-23(15-12-18)13-5-8-17-6-3-2-4-7-17/h2-7,9-10,16,18H,8,11-15H2,1H3. The van der Waals surface area contributed by atoms with Crippen LogP contribution in [0.25, 0.3) is 0 Å². The van der Waals surface area contributed by atoms with Gasteiger partial charge in [0, 0.05) is 6.54 Å². The molecule has 1 fully saturated rings. The number of likely N-dealkylation sites (tertiary alicyclic amines) is 1. The molecule has 3 rings (SSSR count). The average Bonchev–Trinajstić information content (AvgIpc) is 2.64. The lowest BCUT2D eigenvalue weighted by Crippen LogP contribution is -2.34. The number of nitrogens with zero attached hydrogens (tertiary/aromatic N) is 1. The first-order valence-corrected chi connectivity index (χ1v) is 8.67. The minimum atomic E-state index is -0.283. The largest absolute Gasteiger partial charge is 0.494 e. The zero-order valence-electron chi connectivity index (χ0n) is 14.2. The fourth-order valence-electron chi connectivity index (χ4n) is 3.41. The maximum Gasteiger partial charge on any atom is 0.165 e. The van der Waals surface area contributed by atoms with Crippen molar-refractivity contribution in [1.29, 1.82) is 0 Å². The number of hydrogen-bond donors (Lipinski definition) is 0. The van der Waals surface area contributed by atoms with E-state index in [0.29, 0.717) is 11.7 Å². The Morgan fingerprint density at radius 1 is 1.12 bits per heavy atom. The molecule has 1 aliphatic rings. The number of hydrogen-bond acceptors (Lipinski definition) is 2. The van der Waals surface area contributed by atoms with Gasteiger partial charge in [-0.05, 0) is 68.0 Å². The number of methoxy groups -OCH3 is 1. The molecule has 1 aliphatic heterocycles. The Bertz CT molecular complexity index is 636. The predicted molar refractivity (Wildman–Crippen MR) is 95.8 cm³/mol. The van der Waals surface area contributed by atoms with E-state index in [-0.39, 0.29) is 5.82 Å². The van der Waals surface area contributed by atoms with Gasteiger partial charge in [-0.1, -0.05) is 36.4 Å². The van der Waals surface area contributed by atoms with Crippen LogP contribution in [0.2, 0.25) is 0 Å². The van der Waals surface area contributed by atoms with Gasteiger partial charge in [-0.25, -0.2) is 4.39 Å². The van der Waals surface area contributed by atoms with E-state index in [1.807, 2.05) is 12.1 Å². The quantitative estimate of drug-likeness (QED) is 0.777. The molecule has 0 spiro atoms. The zero-order chi connectivity index (χ0) is 16.8. The lowest BCUT2D eigenvalue weighted by atomic mass is 9.89. The van der Waals surface area contributed by atoms with Gasteiger partial charge >= 0.3 is 0 Å². The fourth-order valence-corrected chi connectivity index (χ4v) is 3.41. The Balaban J connectivity index is 1.45. The summed E-state index contributed by atoms with van der Waals surface area (Å²) in [6, 6.07) is 15.9. The van der Waals surface area contributed by atoms with Crippen LogP contribution in [0.15, 0.2) is 48.5 Å². The minimum absolute atomic E-state index is 0.283. The molecule has 1 heterocycles. The highest BCUT2D eigenvalue weighted by Crippen LogP contribution is 2.31. The summed E-state index contributed by atoms with van der Waals surface area (Å²) in [5.74, 6) is 0.574. The molecule has 0 aromatic heterocycles. The summed E-state index contributed by atoms with van der Waals surface area (Å²) >= 11 is 0. The van der Waals surface area contributed by atoms with E-state index in [9.17, 15) is 4.39 Å². The Morgan fingerprint density at radius 2 is 1.88 bits per heavy atom. The van der Waals surface area contributed by atoms with Gasteiger partial charge in [-0.2, -0.15) is 0 Å². The van der Waals surface area contributed by atoms with E-state index >= 15 is 0 Å². The van der Waals surface area contributed by atoms with Crippen LogP contribution in [0.4, 0.5) is 4.39 Å². The van der Waals surface area contributed by atoms with Gasteiger partial charge in [-0.3, -0.25) is 0 Å². The van der Waals surface area contributed by atoms with Crippen LogP contribution in [0.5, 0.6) is 5.75 Å². The summed E-state index contributed by atoms with van der Waals surface area (Å²) in [7, 11) is 1.52. The summed E-state index contributed by atoms with van der Waals surface area (Å²) in [4.78, 5) is 2.50. The molecule has 0 aliphatic carbocycles. The first-order valence-electron chi connectivity index (χ1n) is 8.67. The summed E-state index contributed by atoms with van der Waals surface area (Å²) in [6.07, 6.45) is 5.62. The van der Waals surface area contributed by atoms with Crippen LogP contribution in [0.1, 0.15) is 29.9 Å². The summed E-state index contributed by atoms with van der Waals surface area (Å²) < 4.78 is 18.6. The number of piperidine rings is 1. The molecule has 1 saturated heterocycles. The van der Waals surface area contributed by atoms with Crippen LogP contribution in [-0.2, 0) is 6.42 Å². The van der Waals surface area contributed by atoms with Crippen molar-refractivity contribution >= 4 is 0 Å². The van der Waals surface area contributed by atoms with Crippen LogP contribution >= 0.6 is 0 Å². The van der Waals surface area contributed by atoms with Crippen molar-refractivity contribution in [2.75, 3.05) is 26.7 Å². The lowest BCUT2D eigenvalue weighted by molar-refractivity contribution is 0.225. The van der Waals surface area contributed by atoms with Gasteiger partial charge in [0.05, 0.1) is 7.11 Å². The first kappa shape index (κ1) is 17.0. The molecule has 0 bridgehead atoms. The third kappa shape index (κ3) is 4.35. The average molecular weight is 326 g/mol. The normalized spacial score (nSPS) is 16.2. The van der Waals surface area contributed by atoms with Gasteiger partial charge < -0.3 is 9.64 Å². The molecule has 1 radical (unpaired) electrons. The highest BCUT2D eigenvalue weighted by Gasteiger charge is 2.21. The molecule has 2 nitrogen and oxygen atoms in total. The van der Waals surface area contributed by atoms with Crippen LogP contribution in [0, 0.1) is 12.2 Å². The molecular formula is C21H25FNO. The summed E-state index contributed by atoms with van der Waals surface area (Å²) in [5.41, 5.74) is 2.56. The Labute approximate surface area is 144 Å². The van der Waals surface area contributed by atoms with Crippen molar-refractivity contribution in [2.24, 2.45) is 0 Å². The van der Waals surface area contributed by atoms with Crippen LogP contribution in [-0.4, -0.2) is 31.6 Å². The van der Waals surface area contributed by atoms with Crippen molar-refractivity contribution in [3.05, 3.63) is 71.9 Å². The molecule has 0 saturated carbocycles. The van der Waals surface area contributed by atoms with Crippen LogP contribution in [0.3, 0.4) is 0 Å². The topological polar surface area (TPSA) is 12.5 Å². The second kappa shape index (κ2) is 8.29. The molecule has 2 aromatic rings. The molecule has 2 aromatic carbocycles. The van der Waals surface area contributed by atoms with Gasteiger partial charge in [0.2, 0.25) is 0 Å². The fraction of sp³-hybridized carbons (Fsp3) is 0.381. The second-order valence-corrected chi connectivity index (χ2v) is 6.45. The molecule has 127 valence electrons. The van der Waals surface area contributed by atoms with Gasteiger partial charge in [0.1, 0.15) is 0 Å². The number of benzene rings is 2. The maximum absolute atomic E-state index is 13.5. The number of halogens is 1. The number of rotatable bonds is 6. The van der Waals surface area contributed by atoms with E-state index in [4.69, 9.17) is 4.74 Å². The monoisotopic (exact) mass is 326 g/mol. The van der Waals surface area contributed by atoms with E-state index in [0.717, 1.165) is 38.9 Å². The second-order valence-electron chi connectivity index (χ2n) is 6.45. The summed E-state index contributed by atoms with van der Waals surface area (Å²) in [5, 5.41) is 0. The van der Waals surface area contributed by atoms with E-state index < -0.39 is 0 Å². The van der Waals surface area contributed by atoms with Gasteiger partial charge in [0.15, 0.2) is 11.6 Å². The zero-order valence-corrected chi connectivity index (χ0v) is 14.2. The summed E-state index contributed by atoms with van der Waals surface area (Å²) in [6.45, 7) is 3.22. The van der Waals surface area contributed by atoms with Crippen molar-refractivity contribution < 1.29 is 9.13 Å². The van der Waals surface area contributed by atoms with Crippen molar-refractivity contribution in [3.8, 4) is 5.75 Å². The Morgan fingerprint density at radius 3 is 2.58 bits per heavy atom. The lowest BCUT2D eigenvalue weighted by Gasteiger charge is -2.32. The predicted octanol–water partition coefficient (Wildman–Crippen LogP) is 4.46. The van der Waals surface area contributed by atoms with E-state index in [2.05, 4.69) is 41.7 Å². The van der Waals surface area contributed by atoms with E-state index in [1.54, 1.807) is 0 Å². The molecule has 3 heteroatoms. The smallest absolute Gasteiger partial charge is 0.165 e. The highest BCUT2D eigenvalue weighted by atomic mass is 19.1. The van der Waals surface area contributed by atoms with Crippen molar-refractivity contribution in [2.45, 2.75) is 25.2 Å². The minimum Gasteiger partial charge on any atom is -0.494 e. The van der Waals surface area contributed by atoms with Gasteiger partial charge in [-0.15, -0.1) is 0 Å². The molecular weight excluding hydrogens is 301 g/mol. The van der Waals surface area contributed by atoms with Gasteiger partial charge in [0.25, 0.3) is 0 Å².